The first kappa shape index (κ1) is 28.3. The summed E-state index contributed by atoms with van der Waals surface area (Å²) in [5.41, 5.74) is 4.63. The number of hydrogen-bond acceptors (Lipinski definition) is 7. The van der Waals surface area contributed by atoms with E-state index in [1.807, 2.05) is 52.8 Å². The van der Waals surface area contributed by atoms with Gasteiger partial charge < -0.3 is 18.6 Å². The summed E-state index contributed by atoms with van der Waals surface area (Å²) in [4.78, 5) is 42.9. The maximum Gasteiger partial charge on any atom is 0.352 e. The van der Waals surface area contributed by atoms with Crippen molar-refractivity contribution in [3.63, 3.8) is 0 Å². The molecule has 5 rings (SSSR count). The summed E-state index contributed by atoms with van der Waals surface area (Å²) in [6.45, 7) is 12.1. The van der Waals surface area contributed by atoms with E-state index >= 15 is 0 Å². The van der Waals surface area contributed by atoms with E-state index in [1.54, 1.807) is 10.6 Å². The standard InChI is InChI=1S/C24H23N2O6P.2C2H6/c1-3-5-20(27)31-22-15-9-19-21-16(10-26(19)23(28)17(15)11-30-24(22)29)13(4-2)14-8-12(32-33)6-7-18(14)25-21;2*1-2/h6-9,22H,3-5,10-11,33H2,1-2H3;2*1-2H3. The van der Waals surface area contributed by atoms with Crippen molar-refractivity contribution in [2.24, 2.45) is 0 Å². The fraction of sp³-hybridized carbons (Fsp3) is 0.429. The third-order valence-corrected chi connectivity index (χ3v) is 6.49. The van der Waals surface area contributed by atoms with Crippen molar-refractivity contribution in [3.8, 4) is 17.1 Å². The Morgan fingerprint density at radius 2 is 1.86 bits per heavy atom. The first-order valence-corrected chi connectivity index (χ1v) is 13.4. The van der Waals surface area contributed by atoms with Crippen LogP contribution in [0.2, 0.25) is 0 Å². The number of nitrogens with zero attached hydrogens (tertiary/aromatic N) is 2. The number of aromatic nitrogens is 2. The Labute approximate surface area is 219 Å². The van der Waals surface area contributed by atoms with Gasteiger partial charge in [-0.05, 0) is 42.7 Å². The number of carbonyl (C=O) groups excluding carboxylic acids is 2. The molecule has 2 atom stereocenters. The Morgan fingerprint density at radius 3 is 2.51 bits per heavy atom. The van der Waals surface area contributed by atoms with E-state index < -0.39 is 18.0 Å². The molecule has 0 saturated heterocycles. The lowest BCUT2D eigenvalue weighted by Gasteiger charge is -2.25. The van der Waals surface area contributed by atoms with E-state index in [-0.39, 0.29) is 18.6 Å². The minimum absolute atomic E-state index is 0.143. The van der Waals surface area contributed by atoms with Crippen molar-refractivity contribution in [1.29, 1.82) is 0 Å². The van der Waals surface area contributed by atoms with Gasteiger partial charge in [0, 0.05) is 22.9 Å². The molecule has 0 saturated carbocycles. The maximum atomic E-state index is 13.4. The number of cyclic esters (lactones) is 1. The minimum atomic E-state index is -1.25. The van der Waals surface area contributed by atoms with E-state index in [4.69, 9.17) is 19.0 Å². The monoisotopic (exact) mass is 526 g/mol. The van der Waals surface area contributed by atoms with Gasteiger partial charge in [-0.3, -0.25) is 9.59 Å². The molecule has 0 radical (unpaired) electrons. The molecule has 2 aliphatic heterocycles. The molecule has 9 heteroatoms. The highest BCUT2D eigenvalue weighted by Gasteiger charge is 2.37. The van der Waals surface area contributed by atoms with Crippen molar-refractivity contribution in [1.82, 2.24) is 9.55 Å². The molecular weight excluding hydrogens is 491 g/mol. The lowest BCUT2D eigenvalue weighted by molar-refractivity contribution is -0.171. The largest absolute Gasteiger partial charge is 0.480 e. The Balaban J connectivity index is 0.000000907. The normalized spacial score (nSPS) is 14.7. The zero-order valence-electron chi connectivity index (χ0n) is 22.3. The summed E-state index contributed by atoms with van der Waals surface area (Å²) < 4.78 is 17.6. The number of ether oxygens (including phenoxy) is 2. The van der Waals surface area contributed by atoms with E-state index in [1.165, 1.54) is 0 Å². The maximum absolute atomic E-state index is 13.4. The van der Waals surface area contributed by atoms with Crippen LogP contribution < -0.4 is 10.1 Å². The second kappa shape index (κ2) is 12.3. The molecule has 8 nitrogen and oxygen atoms in total. The molecule has 3 aromatic rings. The van der Waals surface area contributed by atoms with Crippen molar-refractivity contribution < 1.29 is 23.6 Å². The summed E-state index contributed by atoms with van der Waals surface area (Å²) in [7, 11) is 2.24. The van der Waals surface area contributed by atoms with Gasteiger partial charge in [-0.1, -0.05) is 41.5 Å². The SMILES string of the molecule is CC.CC.CCCC(=O)OC1C(=O)OCc2c1cc1n(c2=O)Cc2c-1nc1ccc(OP)cc1c2CC. The molecule has 2 unspecified atom stereocenters. The first-order chi connectivity index (χ1) is 18.0. The molecule has 1 aromatic carbocycles. The molecule has 0 amide bonds. The van der Waals surface area contributed by atoms with Crippen LogP contribution in [0.25, 0.3) is 22.3 Å². The van der Waals surface area contributed by atoms with Crippen LogP contribution in [0, 0.1) is 0 Å². The molecule has 4 heterocycles. The number of carbonyl (C=O) groups is 2. The summed E-state index contributed by atoms with van der Waals surface area (Å²) in [5, 5.41) is 0.978. The third kappa shape index (κ3) is 5.12. The molecule has 0 spiro atoms. The smallest absolute Gasteiger partial charge is 0.352 e. The summed E-state index contributed by atoms with van der Waals surface area (Å²) in [6.07, 6.45) is 0.279. The predicted molar refractivity (Wildman–Crippen MR) is 146 cm³/mol. The fourth-order valence-corrected chi connectivity index (χ4v) is 4.80. The van der Waals surface area contributed by atoms with Crippen molar-refractivity contribution >= 4 is 32.3 Å². The Bertz CT molecular complexity index is 1380. The molecule has 198 valence electrons. The third-order valence-electron chi connectivity index (χ3n) is 6.22. The highest BCUT2D eigenvalue weighted by Crippen LogP contribution is 2.39. The molecule has 0 bridgehead atoms. The number of aryl methyl sites for hydroxylation is 1. The van der Waals surface area contributed by atoms with Crippen LogP contribution in [-0.2, 0) is 38.6 Å². The van der Waals surface area contributed by atoms with Crippen LogP contribution in [0.3, 0.4) is 0 Å². The van der Waals surface area contributed by atoms with Gasteiger partial charge in [0.15, 0.2) is 0 Å². The van der Waals surface area contributed by atoms with Crippen LogP contribution in [0.5, 0.6) is 5.75 Å². The lowest BCUT2D eigenvalue weighted by Crippen LogP contribution is -2.34. The number of hydrogen-bond donors (Lipinski definition) is 0. The molecule has 2 aliphatic rings. The van der Waals surface area contributed by atoms with Crippen LogP contribution >= 0.6 is 9.47 Å². The molecule has 37 heavy (non-hydrogen) atoms. The zero-order chi connectivity index (χ0) is 27.3. The second-order valence-corrected chi connectivity index (χ2v) is 8.39. The van der Waals surface area contributed by atoms with E-state index in [2.05, 4.69) is 16.4 Å². The van der Waals surface area contributed by atoms with Gasteiger partial charge in [-0.2, -0.15) is 0 Å². The Morgan fingerprint density at radius 1 is 1.14 bits per heavy atom. The van der Waals surface area contributed by atoms with E-state index in [0.29, 0.717) is 41.2 Å². The van der Waals surface area contributed by atoms with Crippen molar-refractivity contribution in [2.45, 2.75) is 80.1 Å². The van der Waals surface area contributed by atoms with Crippen LogP contribution in [0.15, 0.2) is 29.1 Å². The second-order valence-electron chi connectivity index (χ2n) is 8.15. The van der Waals surface area contributed by atoms with Crippen molar-refractivity contribution in [3.05, 3.63) is 56.9 Å². The highest BCUT2D eigenvalue weighted by atomic mass is 31.0. The average Bonchev–Trinajstić information content (AvgIpc) is 3.29. The zero-order valence-corrected chi connectivity index (χ0v) is 23.5. The van der Waals surface area contributed by atoms with Gasteiger partial charge in [0.2, 0.25) is 6.10 Å². The van der Waals surface area contributed by atoms with Gasteiger partial charge >= 0.3 is 11.9 Å². The highest BCUT2D eigenvalue weighted by molar-refractivity contribution is 7.10. The molecule has 0 N–H and O–H groups in total. The molecule has 2 aromatic heterocycles. The topological polar surface area (TPSA) is 96.7 Å². The van der Waals surface area contributed by atoms with Gasteiger partial charge in [0.25, 0.3) is 5.56 Å². The summed E-state index contributed by atoms with van der Waals surface area (Å²) >= 11 is 0. The summed E-state index contributed by atoms with van der Waals surface area (Å²) in [6, 6.07) is 7.43. The number of rotatable bonds is 5. The molecular formula is C28H35N2O6P. The fourth-order valence-electron chi connectivity index (χ4n) is 4.66. The number of esters is 2. The quantitative estimate of drug-likeness (QED) is 0.245. The predicted octanol–water partition coefficient (Wildman–Crippen LogP) is 5.65. The van der Waals surface area contributed by atoms with Gasteiger partial charge in [0.05, 0.1) is 38.5 Å². The van der Waals surface area contributed by atoms with Crippen LogP contribution in [0.4, 0.5) is 0 Å². The van der Waals surface area contributed by atoms with Crippen LogP contribution in [-0.4, -0.2) is 21.5 Å². The Hall–Kier alpha value is -3.25. The lowest BCUT2D eigenvalue weighted by atomic mass is 9.97. The number of fused-ring (bicyclic) bond motifs is 5. The average molecular weight is 527 g/mol. The summed E-state index contributed by atoms with van der Waals surface area (Å²) in [5.74, 6) is -0.461. The van der Waals surface area contributed by atoms with Crippen LogP contribution in [0.1, 0.15) is 82.7 Å². The molecule has 0 aliphatic carbocycles. The first-order valence-electron chi connectivity index (χ1n) is 12.9. The molecule has 0 fully saturated rings. The van der Waals surface area contributed by atoms with E-state index in [9.17, 15) is 14.4 Å². The Kier molecular flexibility index (Phi) is 9.44. The van der Waals surface area contributed by atoms with Gasteiger partial charge in [-0.25, -0.2) is 9.78 Å². The van der Waals surface area contributed by atoms with Gasteiger partial charge in [0.1, 0.15) is 12.4 Å². The number of pyridine rings is 2. The number of benzene rings is 1. The van der Waals surface area contributed by atoms with E-state index in [0.717, 1.165) is 28.5 Å². The van der Waals surface area contributed by atoms with Gasteiger partial charge in [-0.15, -0.1) is 0 Å². The van der Waals surface area contributed by atoms with Crippen molar-refractivity contribution in [2.75, 3.05) is 0 Å². The minimum Gasteiger partial charge on any atom is -0.480 e.